The van der Waals surface area contributed by atoms with Gasteiger partial charge in [-0.3, -0.25) is 4.79 Å². The lowest BCUT2D eigenvalue weighted by molar-refractivity contribution is -0.305. The van der Waals surface area contributed by atoms with Gasteiger partial charge in [-0.2, -0.15) is 0 Å². The summed E-state index contributed by atoms with van der Waals surface area (Å²) in [5.41, 5.74) is 0. The molecule has 64 heavy (non-hydrogen) atoms. The Morgan fingerprint density at radius 2 is 0.953 bits per heavy atom. The lowest BCUT2D eigenvalue weighted by atomic mass is 9.99. The Balaban J connectivity index is 2.17. The molecule has 0 aromatic rings. The molecule has 374 valence electrons. The van der Waals surface area contributed by atoms with E-state index >= 15 is 0 Å². The molecule has 1 fully saturated rings. The fourth-order valence-electron chi connectivity index (χ4n) is 8.13. The molecule has 0 aliphatic carbocycles. The third-order valence-electron chi connectivity index (χ3n) is 12.3. The molecule has 0 spiro atoms. The van der Waals surface area contributed by atoms with Crippen LogP contribution in [0.25, 0.3) is 0 Å². The predicted octanol–water partition coefficient (Wildman–Crippen LogP) is 13.3. The maximum atomic E-state index is 12.8. The molecule has 0 saturated carbocycles. The number of allylic oxidation sites excluding steroid dienone is 8. The molecule has 1 aliphatic rings. The summed E-state index contributed by atoms with van der Waals surface area (Å²) in [6.45, 7) is 4.45. The van der Waals surface area contributed by atoms with Crippen molar-refractivity contribution in [1.29, 1.82) is 0 Å². The molecule has 1 rings (SSSR count). The summed E-state index contributed by atoms with van der Waals surface area (Å²) >= 11 is 0. The third kappa shape index (κ3) is 36.3. The van der Waals surface area contributed by atoms with Crippen molar-refractivity contribution in [2.45, 2.75) is 269 Å². The van der Waals surface area contributed by atoms with Gasteiger partial charge in [-0.15, -0.1) is 0 Å². The number of hydrogen-bond acceptors (Lipinski definition) is 9. The molecule has 0 aromatic heterocycles. The molecule has 9 nitrogen and oxygen atoms in total. The zero-order chi connectivity index (χ0) is 46.4. The van der Waals surface area contributed by atoms with Crippen molar-refractivity contribution in [1.82, 2.24) is 0 Å². The minimum atomic E-state index is -1.54. The number of aliphatic hydroxyl groups excluding tert-OH is 4. The topological polar surface area (TPSA) is 135 Å². The zero-order valence-corrected chi connectivity index (χ0v) is 41.3. The molecule has 9 heteroatoms. The number of carbonyl (C=O) groups is 1. The van der Waals surface area contributed by atoms with Crippen molar-refractivity contribution in [3.63, 3.8) is 0 Å². The molecule has 4 N–H and O–H groups in total. The summed E-state index contributed by atoms with van der Waals surface area (Å²) in [5, 5.41) is 40.3. The van der Waals surface area contributed by atoms with Gasteiger partial charge in [0.1, 0.15) is 30.5 Å². The van der Waals surface area contributed by atoms with E-state index in [-0.39, 0.29) is 19.2 Å². The van der Waals surface area contributed by atoms with Crippen LogP contribution in [0.4, 0.5) is 0 Å². The molecule has 0 radical (unpaired) electrons. The van der Waals surface area contributed by atoms with E-state index in [4.69, 9.17) is 18.9 Å². The average molecular weight is 905 g/mol. The van der Waals surface area contributed by atoms with Crippen molar-refractivity contribution in [2.24, 2.45) is 0 Å². The number of unbranched alkanes of at least 4 members (excludes halogenated alkanes) is 27. The van der Waals surface area contributed by atoms with E-state index in [0.29, 0.717) is 13.0 Å². The van der Waals surface area contributed by atoms with Crippen LogP contribution in [0.3, 0.4) is 0 Å². The Bertz CT molecular complexity index is 1120. The van der Waals surface area contributed by atoms with E-state index < -0.39 is 43.4 Å². The van der Waals surface area contributed by atoms with Crippen molar-refractivity contribution < 1.29 is 44.2 Å². The van der Waals surface area contributed by atoms with Crippen molar-refractivity contribution in [3.8, 4) is 0 Å². The van der Waals surface area contributed by atoms with Gasteiger partial charge < -0.3 is 39.4 Å². The predicted molar refractivity (Wildman–Crippen MR) is 265 cm³/mol. The van der Waals surface area contributed by atoms with Crippen LogP contribution in [0.2, 0.25) is 0 Å². The number of aliphatic hydroxyl groups is 4. The highest BCUT2D eigenvalue weighted by Crippen LogP contribution is 2.23. The number of hydrogen-bond donors (Lipinski definition) is 4. The smallest absolute Gasteiger partial charge is 0.306 e. The monoisotopic (exact) mass is 905 g/mol. The second-order valence-electron chi connectivity index (χ2n) is 18.3. The minimum Gasteiger partial charge on any atom is -0.457 e. The van der Waals surface area contributed by atoms with E-state index in [1.165, 1.54) is 141 Å². The highest BCUT2D eigenvalue weighted by molar-refractivity contribution is 5.69. The highest BCUT2D eigenvalue weighted by Gasteiger charge is 2.44. The van der Waals surface area contributed by atoms with E-state index in [9.17, 15) is 25.2 Å². The molecule has 6 atom stereocenters. The number of ether oxygens (including phenoxy) is 4. The largest absolute Gasteiger partial charge is 0.457 e. The standard InChI is InChI=1S/C55H100O9/c1-3-5-7-9-11-13-15-17-19-21-22-23-24-25-26-27-29-31-33-35-37-39-41-43-45-61-47-49(48-62-55-54(60)53(59)52(58)50(46-56)64-55)63-51(57)44-42-40-38-36-34-32-30-28-20-18-16-14-12-10-8-6-4-2/h6,8,12,14,18,20,30,32,49-50,52-56,58-60H,3-5,7,9-11,13,15-17,19,21-29,31,33-48H2,1-2H3/b8-6-,14-12-,20-18-,32-30-. The first-order valence-corrected chi connectivity index (χ1v) is 26.7. The fraction of sp³-hybridized carbons (Fsp3) is 0.836. The van der Waals surface area contributed by atoms with Gasteiger partial charge in [0, 0.05) is 13.0 Å². The molecule has 1 saturated heterocycles. The average Bonchev–Trinajstić information content (AvgIpc) is 3.30. The highest BCUT2D eigenvalue weighted by atomic mass is 16.7. The lowest BCUT2D eigenvalue weighted by Crippen LogP contribution is -2.59. The molecule has 0 bridgehead atoms. The van der Waals surface area contributed by atoms with Gasteiger partial charge in [-0.25, -0.2) is 0 Å². The molecule has 1 heterocycles. The van der Waals surface area contributed by atoms with Gasteiger partial charge in [0.25, 0.3) is 0 Å². The van der Waals surface area contributed by atoms with Gasteiger partial charge in [0.2, 0.25) is 0 Å². The zero-order valence-electron chi connectivity index (χ0n) is 41.3. The van der Waals surface area contributed by atoms with Gasteiger partial charge in [0.05, 0.1) is 19.8 Å². The quantitative estimate of drug-likeness (QED) is 0.0267. The number of carbonyl (C=O) groups excluding carboxylic acids is 1. The van der Waals surface area contributed by atoms with Crippen LogP contribution in [-0.2, 0) is 23.7 Å². The van der Waals surface area contributed by atoms with E-state index in [1.807, 2.05) is 0 Å². The van der Waals surface area contributed by atoms with Crippen LogP contribution in [0.15, 0.2) is 48.6 Å². The summed E-state index contributed by atoms with van der Waals surface area (Å²) in [6, 6.07) is 0. The summed E-state index contributed by atoms with van der Waals surface area (Å²) in [5.74, 6) is -0.334. The van der Waals surface area contributed by atoms with Crippen molar-refractivity contribution in [3.05, 3.63) is 48.6 Å². The van der Waals surface area contributed by atoms with Crippen LogP contribution in [-0.4, -0.2) is 89.6 Å². The lowest BCUT2D eigenvalue weighted by Gasteiger charge is -2.39. The van der Waals surface area contributed by atoms with Crippen molar-refractivity contribution >= 4 is 5.97 Å². The molecule has 6 unspecified atom stereocenters. The normalized spacial score (nSPS) is 19.9. The minimum absolute atomic E-state index is 0.122. The summed E-state index contributed by atoms with van der Waals surface area (Å²) in [7, 11) is 0. The molecule has 0 aromatic carbocycles. The van der Waals surface area contributed by atoms with Gasteiger partial charge in [0.15, 0.2) is 6.29 Å². The van der Waals surface area contributed by atoms with Crippen molar-refractivity contribution in [2.75, 3.05) is 26.4 Å². The first kappa shape index (κ1) is 60.2. The molecular weight excluding hydrogens is 805 g/mol. The number of rotatable bonds is 46. The first-order valence-electron chi connectivity index (χ1n) is 26.7. The Labute approximate surface area is 392 Å². The Morgan fingerprint density at radius 1 is 0.516 bits per heavy atom. The van der Waals surface area contributed by atoms with Gasteiger partial charge >= 0.3 is 5.97 Å². The second-order valence-corrected chi connectivity index (χ2v) is 18.3. The third-order valence-corrected chi connectivity index (χ3v) is 12.3. The van der Waals surface area contributed by atoms with Crippen LogP contribution in [0, 0.1) is 0 Å². The van der Waals surface area contributed by atoms with E-state index in [2.05, 4.69) is 62.5 Å². The van der Waals surface area contributed by atoms with Crippen LogP contribution in [0.1, 0.15) is 232 Å². The van der Waals surface area contributed by atoms with Crippen LogP contribution >= 0.6 is 0 Å². The maximum Gasteiger partial charge on any atom is 0.306 e. The van der Waals surface area contributed by atoms with E-state index in [0.717, 1.165) is 70.6 Å². The maximum absolute atomic E-state index is 12.8. The Kier molecular flexibility index (Phi) is 43.5. The summed E-state index contributed by atoms with van der Waals surface area (Å²) < 4.78 is 22.9. The molecule has 1 aliphatic heterocycles. The second kappa shape index (κ2) is 46.3. The number of esters is 1. The summed E-state index contributed by atoms with van der Waals surface area (Å²) in [4.78, 5) is 12.8. The van der Waals surface area contributed by atoms with Gasteiger partial charge in [-0.05, 0) is 51.4 Å². The first-order chi connectivity index (χ1) is 31.4. The van der Waals surface area contributed by atoms with Crippen LogP contribution in [0.5, 0.6) is 0 Å². The molecule has 0 amide bonds. The van der Waals surface area contributed by atoms with E-state index in [1.54, 1.807) is 0 Å². The van der Waals surface area contributed by atoms with Gasteiger partial charge in [-0.1, -0.05) is 223 Å². The Hall–Kier alpha value is -1.85. The van der Waals surface area contributed by atoms with Crippen LogP contribution < -0.4 is 0 Å². The molecular formula is C55H100O9. The Morgan fingerprint density at radius 3 is 1.44 bits per heavy atom. The SMILES string of the molecule is CC/C=C\C/C=C\C/C=C\C/C=C\CCCCCCC(=O)OC(COCCCCCCCCCCCCCCCCCCCCCCCCCC)COC1OC(CO)C(O)C(O)C1O. The summed E-state index contributed by atoms with van der Waals surface area (Å²) in [6.07, 6.45) is 51.6. The fourth-order valence-corrected chi connectivity index (χ4v) is 8.13.